The van der Waals surface area contributed by atoms with Gasteiger partial charge in [-0.2, -0.15) is 13.2 Å². The number of ether oxygens (including phenoxy) is 1. The van der Waals surface area contributed by atoms with Crippen LogP contribution in [-0.4, -0.2) is 44.3 Å². The number of nitrogens with one attached hydrogen (secondary N) is 1. The molecule has 6 nitrogen and oxygen atoms in total. The lowest BCUT2D eigenvalue weighted by atomic mass is 10.1. The molecule has 0 aliphatic carbocycles. The highest BCUT2D eigenvalue weighted by Crippen LogP contribution is 2.32. The second kappa shape index (κ2) is 7.42. The summed E-state index contributed by atoms with van der Waals surface area (Å²) >= 11 is 5.89. The Balaban J connectivity index is 2.00. The molecule has 0 saturated heterocycles. The number of allylic oxidation sites excluding steroid dienone is 1. The first-order chi connectivity index (χ1) is 13.4. The number of rotatable bonds is 4. The smallest absolute Gasteiger partial charge is 0.425 e. The van der Waals surface area contributed by atoms with Crippen LogP contribution in [0.15, 0.2) is 57.9 Å². The van der Waals surface area contributed by atoms with Crippen LogP contribution in [0, 0.1) is 0 Å². The van der Waals surface area contributed by atoms with Crippen molar-refractivity contribution in [2.24, 2.45) is 0 Å². The molecular formula is C18H16ClF3N2O4S. The molecule has 1 amide bonds. The number of dihydropyridines is 1. The summed E-state index contributed by atoms with van der Waals surface area (Å²) in [6.07, 6.45) is -1.21. The molecule has 2 aliphatic heterocycles. The van der Waals surface area contributed by atoms with E-state index in [1.165, 1.54) is 11.1 Å². The van der Waals surface area contributed by atoms with E-state index in [0.717, 1.165) is 37.0 Å². The van der Waals surface area contributed by atoms with Gasteiger partial charge in [-0.05, 0) is 36.8 Å². The van der Waals surface area contributed by atoms with Gasteiger partial charge in [0.25, 0.3) is 5.91 Å². The Labute approximate surface area is 170 Å². The van der Waals surface area contributed by atoms with Crippen molar-refractivity contribution in [2.75, 3.05) is 12.8 Å². The van der Waals surface area contributed by atoms with Gasteiger partial charge in [0.15, 0.2) is 15.9 Å². The molecular weight excluding hydrogens is 433 g/mol. The number of hydrogen-bond acceptors (Lipinski definition) is 5. The summed E-state index contributed by atoms with van der Waals surface area (Å²) in [5.41, 5.74) is 1.11. The quantitative estimate of drug-likeness (QED) is 0.715. The standard InChI is InChI=1S/C18H16ClF3N2O4S/c1-10(18(20,21)22)28-15-4-3-13(29(2,26)27)6-14(15)17(25)24-8-11-5-16(19)23-7-12(11)9-24/h3-8,10,23H,9H2,1-2H3/t10-/m0/s1. The van der Waals surface area contributed by atoms with E-state index in [4.69, 9.17) is 16.3 Å². The number of alkyl halides is 3. The first-order valence-electron chi connectivity index (χ1n) is 8.29. The molecule has 156 valence electrons. The second-order valence-corrected chi connectivity index (χ2v) is 8.98. The fourth-order valence-electron chi connectivity index (χ4n) is 2.72. The second-order valence-electron chi connectivity index (χ2n) is 6.56. The van der Waals surface area contributed by atoms with Crippen LogP contribution < -0.4 is 10.1 Å². The van der Waals surface area contributed by atoms with Crippen molar-refractivity contribution in [2.45, 2.75) is 24.1 Å². The van der Waals surface area contributed by atoms with Gasteiger partial charge in [-0.15, -0.1) is 0 Å². The molecule has 11 heteroatoms. The van der Waals surface area contributed by atoms with E-state index in [2.05, 4.69) is 5.32 Å². The summed E-state index contributed by atoms with van der Waals surface area (Å²) in [4.78, 5) is 14.1. The number of sulfone groups is 1. The van der Waals surface area contributed by atoms with Crippen LogP contribution in [0.4, 0.5) is 13.2 Å². The number of benzene rings is 1. The number of carbonyl (C=O) groups excluding carboxylic acids is 1. The van der Waals surface area contributed by atoms with E-state index in [1.807, 2.05) is 0 Å². The minimum atomic E-state index is -4.65. The Bertz CT molecular complexity index is 1060. The minimum Gasteiger partial charge on any atom is -0.480 e. The van der Waals surface area contributed by atoms with Crippen LogP contribution in [-0.2, 0) is 9.84 Å². The largest absolute Gasteiger partial charge is 0.480 e. The molecule has 2 aliphatic rings. The zero-order valence-electron chi connectivity index (χ0n) is 15.2. The molecule has 2 heterocycles. The number of nitrogens with zero attached hydrogens (tertiary/aromatic N) is 1. The van der Waals surface area contributed by atoms with Gasteiger partial charge in [-0.3, -0.25) is 4.79 Å². The Hall–Kier alpha value is -2.46. The Morgan fingerprint density at radius 3 is 2.66 bits per heavy atom. The highest BCUT2D eigenvalue weighted by molar-refractivity contribution is 7.90. The van der Waals surface area contributed by atoms with E-state index in [-0.39, 0.29) is 22.8 Å². The first-order valence-corrected chi connectivity index (χ1v) is 10.6. The van der Waals surface area contributed by atoms with Crippen molar-refractivity contribution in [1.29, 1.82) is 0 Å². The summed E-state index contributed by atoms with van der Waals surface area (Å²) < 4.78 is 67.4. The zero-order valence-corrected chi connectivity index (χ0v) is 16.8. The lowest BCUT2D eigenvalue weighted by molar-refractivity contribution is -0.189. The van der Waals surface area contributed by atoms with Gasteiger partial charge >= 0.3 is 6.18 Å². The van der Waals surface area contributed by atoms with E-state index in [0.29, 0.717) is 10.7 Å². The molecule has 3 rings (SSSR count). The van der Waals surface area contributed by atoms with Crippen molar-refractivity contribution in [3.05, 3.63) is 58.5 Å². The fourth-order valence-corrected chi connectivity index (χ4v) is 3.54. The summed E-state index contributed by atoms with van der Waals surface area (Å²) in [6.45, 7) is 0.938. The molecule has 0 radical (unpaired) electrons. The van der Waals surface area contributed by atoms with Gasteiger partial charge in [-0.25, -0.2) is 8.42 Å². The number of hydrogen-bond donors (Lipinski definition) is 1. The molecule has 1 aromatic rings. The van der Waals surface area contributed by atoms with E-state index >= 15 is 0 Å². The van der Waals surface area contributed by atoms with Gasteiger partial charge < -0.3 is 15.0 Å². The third kappa shape index (κ3) is 4.59. The van der Waals surface area contributed by atoms with Crippen molar-refractivity contribution in [3.63, 3.8) is 0 Å². The summed E-state index contributed by atoms with van der Waals surface area (Å²) in [6, 6.07) is 3.17. The maximum atomic E-state index is 13.0. The molecule has 1 N–H and O–H groups in total. The third-order valence-electron chi connectivity index (χ3n) is 4.31. The van der Waals surface area contributed by atoms with E-state index < -0.39 is 28.0 Å². The van der Waals surface area contributed by atoms with Crippen LogP contribution >= 0.6 is 11.6 Å². The van der Waals surface area contributed by atoms with Gasteiger partial charge in [0.2, 0.25) is 0 Å². The van der Waals surface area contributed by atoms with Gasteiger partial charge in [0, 0.05) is 24.2 Å². The average molecular weight is 449 g/mol. The predicted molar refractivity (Wildman–Crippen MR) is 100.0 cm³/mol. The normalized spacial score (nSPS) is 17.6. The molecule has 1 aromatic carbocycles. The molecule has 0 fully saturated rings. The van der Waals surface area contributed by atoms with Crippen molar-refractivity contribution < 1.29 is 31.1 Å². The van der Waals surface area contributed by atoms with Gasteiger partial charge in [-0.1, -0.05) is 11.6 Å². The first kappa shape index (κ1) is 21.3. The lowest BCUT2D eigenvalue weighted by Crippen LogP contribution is -2.32. The fraction of sp³-hybridized carbons (Fsp3) is 0.278. The highest BCUT2D eigenvalue weighted by Gasteiger charge is 2.39. The molecule has 29 heavy (non-hydrogen) atoms. The Morgan fingerprint density at radius 1 is 1.34 bits per heavy atom. The molecule has 0 unspecified atom stereocenters. The maximum absolute atomic E-state index is 13.0. The van der Waals surface area contributed by atoms with Gasteiger partial charge in [0.05, 0.1) is 17.0 Å². The number of carbonyl (C=O) groups is 1. The van der Waals surface area contributed by atoms with Crippen LogP contribution in [0.1, 0.15) is 17.3 Å². The summed E-state index contributed by atoms with van der Waals surface area (Å²) in [5.74, 6) is -1.06. The molecule has 0 spiro atoms. The van der Waals surface area contributed by atoms with Crippen LogP contribution in [0.5, 0.6) is 5.75 Å². The van der Waals surface area contributed by atoms with Gasteiger partial charge in [0.1, 0.15) is 10.9 Å². The summed E-state index contributed by atoms with van der Waals surface area (Å²) in [5, 5.41) is 3.14. The summed E-state index contributed by atoms with van der Waals surface area (Å²) in [7, 11) is -3.70. The molecule has 0 saturated carbocycles. The van der Waals surface area contributed by atoms with Crippen LogP contribution in [0.3, 0.4) is 0 Å². The zero-order chi connectivity index (χ0) is 21.6. The van der Waals surface area contributed by atoms with E-state index in [9.17, 15) is 26.4 Å². The van der Waals surface area contributed by atoms with Crippen LogP contribution in [0.25, 0.3) is 0 Å². The minimum absolute atomic E-state index is 0.138. The van der Waals surface area contributed by atoms with E-state index in [1.54, 1.807) is 12.3 Å². The third-order valence-corrected chi connectivity index (χ3v) is 5.64. The molecule has 0 aromatic heterocycles. The number of fused-ring (bicyclic) bond motifs is 1. The lowest BCUT2D eigenvalue weighted by Gasteiger charge is -2.21. The predicted octanol–water partition coefficient (Wildman–Crippen LogP) is 3.33. The van der Waals surface area contributed by atoms with Crippen molar-refractivity contribution in [1.82, 2.24) is 10.2 Å². The monoisotopic (exact) mass is 448 g/mol. The maximum Gasteiger partial charge on any atom is 0.425 e. The average Bonchev–Trinajstić information content (AvgIpc) is 3.02. The topological polar surface area (TPSA) is 75.7 Å². The van der Waals surface area contributed by atoms with Crippen LogP contribution in [0.2, 0.25) is 0 Å². The Morgan fingerprint density at radius 2 is 2.03 bits per heavy atom. The molecule has 1 atom stereocenters. The Kier molecular flexibility index (Phi) is 5.44. The van der Waals surface area contributed by atoms with Crippen molar-refractivity contribution in [3.8, 4) is 5.75 Å². The number of halogens is 4. The highest BCUT2D eigenvalue weighted by atomic mass is 35.5. The molecule has 0 bridgehead atoms. The number of amides is 1. The van der Waals surface area contributed by atoms with Crippen molar-refractivity contribution >= 4 is 27.3 Å². The SMILES string of the molecule is C[C@H](Oc1ccc(S(C)(=O)=O)cc1C(=O)N1C=C2C=C(Cl)NC=C2C1)C(F)(F)F.